The molecule has 0 radical (unpaired) electrons. The van der Waals surface area contributed by atoms with E-state index >= 15 is 0 Å². The summed E-state index contributed by atoms with van der Waals surface area (Å²) in [5, 5.41) is 0. The Hall–Kier alpha value is -1.60. The summed E-state index contributed by atoms with van der Waals surface area (Å²) in [6.45, 7) is 9.66. The average Bonchev–Trinajstić information content (AvgIpc) is 2.58. The first kappa shape index (κ1) is 16.3. The SMILES string of the molecule is CC1CN([C@H](C)c2ccccc2)CCC1(C)Cc1ccccc1. The fourth-order valence-corrected chi connectivity index (χ4v) is 3.93. The molecule has 1 aliphatic rings. The van der Waals surface area contributed by atoms with Gasteiger partial charge in [0.05, 0.1) is 0 Å². The Morgan fingerprint density at radius 3 is 2.26 bits per heavy atom. The van der Waals surface area contributed by atoms with Crippen LogP contribution in [0.2, 0.25) is 0 Å². The third-order valence-electron chi connectivity index (χ3n) is 5.95. The zero-order valence-electron chi connectivity index (χ0n) is 14.7. The van der Waals surface area contributed by atoms with E-state index < -0.39 is 0 Å². The third kappa shape index (κ3) is 3.67. The van der Waals surface area contributed by atoms with Crippen molar-refractivity contribution in [3.63, 3.8) is 0 Å². The number of rotatable bonds is 4. The van der Waals surface area contributed by atoms with Crippen molar-refractivity contribution in [2.45, 2.75) is 39.7 Å². The summed E-state index contributed by atoms with van der Waals surface area (Å²) < 4.78 is 0. The molecule has 0 aromatic heterocycles. The number of hydrogen-bond donors (Lipinski definition) is 0. The maximum atomic E-state index is 2.66. The van der Waals surface area contributed by atoms with E-state index in [9.17, 15) is 0 Å². The van der Waals surface area contributed by atoms with Crippen LogP contribution < -0.4 is 0 Å². The summed E-state index contributed by atoms with van der Waals surface area (Å²) in [5.41, 5.74) is 3.33. The van der Waals surface area contributed by atoms with Crippen LogP contribution in [0.1, 0.15) is 44.4 Å². The molecule has 2 aromatic carbocycles. The lowest BCUT2D eigenvalue weighted by atomic mass is 9.68. The van der Waals surface area contributed by atoms with E-state index in [4.69, 9.17) is 0 Å². The molecule has 3 atom stereocenters. The fraction of sp³-hybridized carbons (Fsp3) is 0.455. The van der Waals surface area contributed by atoms with Gasteiger partial charge in [-0.1, -0.05) is 74.5 Å². The highest BCUT2D eigenvalue weighted by atomic mass is 15.2. The van der Waals surface area contributed by atoms with Gasteiger partial charge in [-0.05, 0) is 48.8 Å². The highest BCUT2D eigenvalue weighted by molar-refractivity contribution is 5.19. The van der Waals surface area contributed by atoms with Gasteiger partial charge in [-0.3, -0.25) is 4.90 Å². The molecular formula is C22H29N. The summed E-state index contributed by atoms with van der Waals surface area (Å²) in [5.74, 6) is 0.711. The van der Waals surface area contributed by atoms with Crippen LogP contribution in [0.25, 0.3) is 0 Å². The van der Waals surface area contributed by atoms with E-state index in [0.717, 1.165) is 0 Å². The quantitative estimate of drug-likeness (QED) is 0.737. The van der Waals surface area contributed by atoms with Crippen molar-refractivity contribution in [2.24, 2.45) is 11.3 Å². The third-order valence-corrected chi connectivity index (χ3v) is 5.95. The lowest BCUT2D eigenvalue weighted by Gasteiger charge is -2.47. The molecule has 3 rings (SSSR count). The van der Waals surface area contributed by atoms with Gasteiger partial charge in [-0.15, -0.1) is 0 Å². The Kier molecular flexibility index (Phi) is 4.87. The van der Waals surface area contributed by atoms with Crippen molar-refractivity contribution in [1.82, 2.24) is 4.90 Å². The zero-order chi connectivity index (χ0) is 16.3. The molecule has 0 amide bonds. The number of nitrogens with zero attached hydrogens (tertiary/aromatic N) is 1. The Balaban J connectivity index is 1.67. The maximum Gasteiger partial charge on any atom is 0.0319 e. The molecule has 0 aliphatic carbocycles. The molecule has 0 spiro atoms. The van der Waals surface area contributed by atoms with Crippen molar-refractivity contribution >= 4 is 0 Å². The van der Waals surface area contributed by atoms with Gasteiger partial charge in [-0.2, -0.15) is 0 Å². The van der Waals surface area contributed by atoms with Gasteiger partial charge >= 0.3 is 0 Å². The summed E-state index contributed by atoms with van der Waals surface area (Å²) >= 11 is 0. The molecule has 1 nitrogen and oxygen atoms in total. The predicted molar refractivity (Wildman–Crippen MR) is 98.5 cm³/mol. The molecule has 0 bridgehead atoms. The standard InChI is InChI=1S/C22H29N/c1-18-17-23(19(2)21-12-8-5-9-13-21)15-14-22(18,3)16-20-10-6-4-7-11-20/h4-13,18-19H,14-17H2,1-3H3/t18?,19-,22?/m1/s1. The smallest absolute Gasteiger partial charge is 0.0319 e. The minimum Gasteiger partial charge on any atom is -0.296 e. The van der Waals surface area contributed by atoms with Crippen molar-refractivity contribution in [2.75, 3.05) is 13.1 Å². The topological polar surface area (TPSA) is 3.24 Å². The van der Waals surface area contributed by atoms with E-state index in [1.165, 1.54) is 37.1 Å². The van der Waals surface area contributed by atoms with Crippen molar-refractivity contribution in [1.29, 1.82) is 0 Å². The first-order chi connectivity index (χ1) is 11.1. The molecule has 1 aliphatic heterocycles. The number of hydrogen-bond acceptors (Lipinski definition) is 1. The molecule has 1 heteroatoms. The van der Waals surface area contributed by atoms with Gasteiger partial charge in [0.25, 0.3) is 0 Å². The average molecular weight is 307 g/mol. The molecule has 1 fully saturated rings. The van der Waals surface area contributed by atoms with Gasteiger partial charge in [0.15, 0.2) is 0 Å². The second-order valence-corrected chi connectivity index (χ2v) is 7.55. The molecule has 1 saturated heterocycles. The van der Waals surface area contributed by atoms with E-state index in [-0.39, 0.29) is 0 Å². The van der Waals surface area contributed by atoms with Crippen LogP contribution >= 0.6 is 0 Å². The van der Waals surface area contributed by atoms with Gasteiger partial charge in [0.2, 0.25) is 0 Å². The maximum absolute atomic E-state index is 2.66. The lowest BCUT2D eigenvalue weighted by Crippen LogP contribution is -2.46. The van der Waals surface area contributed by atoms with E-state index in [1.807, 2.05) is 0 Å². The molecule has 0 N–H and O–H groups in total. The van der Waals surface area contributed by atoms with Crippen molar-refractivity contribution in [3.8, 4) is 0 Å². The van der Waals surface area contributed by atoms with Gasteiger partial charge in [-0.25, -0.2) is 0 Å². The molecule has 122 valence electrons. The van der Waals surface area contributed by atoms with Gasteiger partial charge in [0, 0.05) is 12.6 Å². The number of benzene rings is 2. The summed E-state index contributed by atoms with van der Waals surface area (Å²) in [6.07, 6.45) is 2.47. The minimum absolute atomic E-state index is 0.411. The Morgan fingerprint density at radius 1 is 1.04 bits per heavy atom. The fourth-order valence-electron chi connectivity index (χ4n) is 3.93. The normalized spacial score (nSPS) is 26.8. The molecule has 2 aromatic rings. The summed E-state index contributed by atoms with van der Waals surface area (Å²) in [4.78, 5) is 2.66. The number of piperidine rings is 1. The molecule has 23 heavy (non-hydrogen) atoms. The number of likely N-dealkylation sites (tertiary alicyclic amines) is 1. The lowest BCUT2D eigenvalue weighted by molar-refractivity contribution is 0.0351. The second kappa shape index (κ2) is 6.88. The van der Waals surface area contributed by atoms with Crippen LogP contribution in [-0.4, -0.2) is 18.0 Å². The van der Waals surface area contributed by atoms with E-state index in [2.05, 4.69) is 86.3 Å². The van der Waals surface area contributed by atoms with Crippen molar-refractivity contribution in [3.05, 3.63) is 71.8 Å². The van der Waals surface area contributed by atoms with Gasteiger partial charge in [0.1, 0.15) is 0 Å². The summed E-state index contributed by atoms with van der Waals surface area (Å²) in [7, 11) is 0. The van der Waals surface area contributed by atoms with Gasteiger partial charge < -0.3 is 0 Å². The van der Waals surface area contributed by atoms with Crippen LogP contribution in [0.3, 0.4) is 0 Å². The van der Waals surface area contributed by atoms with Crippen molar-refractivity contribution < 1.29 is 0 Å². The predicted octanol–water partition coefficient (Wildman–Crippen LogP) is 5.34. The summed E-state index contributed by atoms with van der Waals surface area (Å²) in [6, 6.07) is 22.4. The Morgan fingerprint density at radius 2 is 1.65 bits per heavy atom. The molecule has 1 heterocycles. The van der Waals surface area contributed by atoms with E-state index in [1.54, 1.807) is 0 Å². The first-order valence-electron chi connectivity index (χ1n) is 8.91. The Bertz CT molecular complexity index is 606. The minimum atomic E-state index is 0.411. The highest BCUT2D eigenvalue weighted by Gasteiger charge is 2.37. The monoisotopic (exact) mass is 307 g/mol. The second-order valence-electron chi connectivity index (χ2n) is 7.55. The van der Waals surface area contributed by atoms with E-state index in [0.29, 0.717) is 17.4 Å². The van der Waals surface area contributed by atoms with Crippen LogP contribution in [-0.2, 0) is 6.42 Å². The Labute approximate surface area is 141 Å². The van der Waals surface area contributed by atoms with Crippen LogP contribution in [0.15, 0.2) is 60.7 Å². The highest BCUT2D eigenvalue weighted by Crippen LogP contribution is 2.41. The zero-order valence-corrected chi connectivity index (χ0v) is 14.7. The molecule has 0 saturated carbocycles. The van der Waals surface area contributed by atoms with Crippen LogP contribution in [0, 0.1) is 11.3 Å². The molecular weight excluding hydrogens is 278 g/mol. The molecule has 2 unspecified atom stereocenters. The van der Waals surface area contributed by atoms with Crippen LogP contribution in [0.4, 0.5) is 0 Å². The van der Waals surface area contributed by atoms with Crippen LogP contribution in [0.5, 0.6) is 0 Å². The largest absolute Gasteiger partial charge is 0.296 e. The first-order valence-corrected chi connectivity index (χ1v) is 8.91.